The number of nitrogens with zero attached hydrogens (tertiary/aromatic N) is 2. The van der Waals surface area contributed by atoms with Gasteiger partial charge in [-0.1, -0.05) is 193 Å². The Morgan fingerprint density at radius 1 is 0.667 bits per heavy atom. The van der Waals surface area contributed by atoms with Gasteiger partial charge in [0.2, 0.25) is 0 Å². The fraction of sp³-hybridized carbons (Fsp3) is 0.881. The molecule has 0 aromatic rings. The molecule has 5 fully saturated rings. The summed E-state index contributed by atoms with van der Waals surface area (Å²) < 4.78 is 0. The van der Waals surface area contributed by atoms with Gasteiger partial charge in [-0.3, -0.25) is 0 Å². The predicted molar refractivity (Wildman–Crippen MR) is 305 cm³/mol. The van der Waals surface area contributed by atoms with Crippen LogP contribution < -0.4 is 0 Å². The van der Waals surface area contributed by atoms with Gasteiger partial charge in [0.1, 0.15) is 0 Å². The number of allylic oxidation sites excluding steroid dienone is 5. The summed E-state index contributed by atoms with van der Waals surface area (Å²) in [4.78, 5) is 5.58. The Morgan fingerprint density at radius 3 is 2.03 bits per heavy atom. The SMILES string of the molecule is C=C(CCCCC(CCCCCCCCCC/C=C\CCCCCCCC)CN1CCCCC1)C1CCCN1C(=C)CC1CCC2(C)C(=CCC3C2CCC2(C)C(C(C)CCCC(C)C)CCC32)C1. The van der Waals surface area contributed by atoms with Crippen LogP contribution in [0.3, 0.4) is 0 Å². The van der Waals surface area contributed by atoms with E-state index < -0.39 is 0 Å². The monoisotopic (exact) mass is 951 g/mol. The summed E-state index contributed by atoms with van der Waals surface area (Å²) in [6.07, 6.45) is 61.1. The minimum atomic E-state index is 0.449. The van der Waals surface area contributed by atoms with E-state index >= 15 is 0 Å². The maximum atomic E-state index is 4.86. The third-order valence-corrected chi connectivity index (χ3v) is 21.0. The first-order chi connectivity index (χ1) is 33.5. The molecule has 2 aliphatic heterocycles. The highest BCUT2D eigenvalue weighted by Crippen LogP contribution is 2.68. The number of unbranched alkanes of at least 4 members (excludes halogenated alkanes) is 15. The molecule has 0 bridgehead atoms. The molecular weight excluding hydrogens is 833 g/mol. The van der Waals surface area contributed by atoms with Crippen LogP contribution in [-0.2, 0) is 0 Å². The average molecular weight is 952 g/mol. The lowest BCUT2D eigenvalue weighted by molar-refractivity contribution is -0.0528. The minimum absolute atomic E-state index is 0.449. The highest BCUT2D eigenvalue weighted by molar-refractivity contribution is 5.26. The number of hydrogen-bond acceptors (Lipinski definition) is 2. The Balaban J connectivity index is 0.863. The summed E-state index contributed by atoms with van der Waals surface area (Å²) in [5, 5.41) is 0. The fourth-order valence-corrected chi connectivity index (χ4v) is 16.8. The van der Waals surface area contributed by atoms with E-state index in [1.165, 1.54) is 281 Å². The Hall–Kier alpha value is -1.28. The van der Waals surface area contributed by atoms with E-state index in [-0.39, 0.29) is 0 Å². The second-order valence-electron chi connectivity index (χ2n) is 26.6. The first kappa shape index (κ1) is 57.0. The van der Waals surface area contributed by atoms with Crippen LogP contribution in [0.2, 0.25) is 0 Å². The Labute approximate surface area is 432 Å². The Morgan fingerprint density at radius 2 is 1.33 bits per heavy atom. The smallest absolute Gasteiger partial charge is 0.0497 e. The molecular formula is C67H118N2. The Bertz CT molecular complexity index is 1510. The van der Waals surface area contributed by atoms with Gasteiger partial charge in [0.05, 0.1) is 0 Å². The van der Waals surface area contributed by atoms with Crippen LogP contribution in [0, 0.1) is 58.2 Å². The van der Waals surface area contributed by atoms with Crippen molar-refractivity contribution in [2.45, 2.75) is 292 Å². The molecule has 0 spiro atoms. The standard InChI is InChI=1S/C67H118N2/c1-9-10-11-12-13-14-15-16-17-18-19-20-21-22-23-24-25-27-37-58(53-68-48-30-26-31-49-68)38-29-28-35-56(5)65-39-33-50-69(65)57(6)51-59-44-46-66(7)60(52-59)40-41-61-63-43-42-62(55(4)36-32-34-54(2)3)67(63,8)47-45-64(61)66/h16-17,40,54-55,58-59,61-65H,5-6,9-15,18-39,41-53H2,1-4,7-8H3/b17-16-. The minimum Gasteiger partial charge on any atom is -0.369 e. The van der Waals surface area contributed by atoms with Gasteiger partial charge in [-0.2, -0.15) is 0 Å². The molecule has 396 valence electrons. The molecule has 3 saturated carbocycles. The van der Waals surface area contributed by atoms with Crippen molar-refractivity contribution in [2.75, 3.05) is 26.2 Å². The van der Waals surface area contributed by atoms with Crippen LogP contribution >= 0.6 is 0 Å². The lowest BCUT2D eigenvalue weighted by Crippen LogP contribution is -2.50. The molecule has 2 heteroatoms. The van der Waals surface area contributed by atoms with Gasteiger partial charge in [-0.15, -0.1) is 0 Å². The van der Waals surface area contributed by atoms with E-state index in [1.54, 1.807) is 0 Å². The molecule has 10 atom stereocenters. The number of hydrogen-bond donors (Lipinski definition) is 0. The van der Waals surface area contributed by atoms with Gasteiger partial charge in [0.15, 0.2) is 0 Å². The van der Waals surface area contributed by atoms with Gasteiger partial charge >= 0.3 is 0 Å². The summed E-state index contributed by atoms with van der Waals surface area (Å²) >= 11 is 0. The lowest BCUT2D eigenvalue weighted by atomic mass is 9.46. The summed E-state index contributed by atoms with van der Waals surface area (Å²) in [5.74, 6) is 7.20. The van der Waals surface area contributed by atoms with Gasteiger partial charge in [-0.05, 0) is 206 Å². The van der Waals surface area contributed by atoms with Crippen LogP contribution in [0.15, 0.2) is 48.2 Å². The van der Waals surface area contributed by atoms with E-state index in [1.807, 2.05) is 5.57 Å². The van der Waals surface area contributed by atoms with Crippen molar-refractivity contribution in [3.63, 3.8) is 0 Å². The highest BCUT2D eigenvalue weighted by atomic mass is 15.2. The molecule has 0 aromatic heterocycles. The summed E-state index contributed by atoms with van der Waals surface area (Å²) in [6, 6.07) is 0.534. The van der Waals surface area contributed by atoms with Crippen molar-refractivity contribution in [1.82, 2.24) is 9.80 Å². The number of rotatable bonds is 34. The van der Waals surface area contributed by atoms with E-state index in [0.717, 1.165) is 47.3 Å². The van der Waals surface area contributed by atoms with Crippen molar-refractivity contribution in [2.24, 2.45) is 58.2 Å². The normalized spacial score (nSPS) is 30.4. The molecule has 2 saturated heterocycles. The zero-order chi connectivity index (χ0) is 48.9. The quantitative estimate of drug-likeness (QED) is 0.0468. The summed E-state index contributed by atoms with van der Waals surface area (Å²) in [5.41, 5.74) is 5.86. The first-order valence-electron chi connectivity index (χ1n) is 31.7. The van der Waals surface area contributed by atoms with Gasteiger partial charge < -0.3 is 9.80 Å². The van der Waals surface area contributed by atoms with Crippen LogP contribution in [0.5, 0.6) is 0 Å². The number of piperidine rings is 1. The van der Waals surface area contributed by atoms with E-state index in [0.29, 0.717) is 16.9 Å². The molecule has 0 N–H and O–H groups in total. The molecule has 10 unspecified atom stereocenters. The van der Waals surface area contributed by atoms with E-state index in [2.05, 4.69) is 69.6 Å². The van der Waals surface area contributed by atoms with Crippen molar-refractivity contribution >= 4 is 0 Å². The van der Waals surface area contributed by atoms with Gasteiger partial charge in [0.25, 0.3) is 0 Å². The zero-order valence-electron chi connectivity index (χ0n) is 47.4. The van der Waals surface area contributed by atoms with E-state index in [4.69, 9.17) is 13.2 Å². The molecule has 6 aliphatic rings. The van der Waals surface area contributed by atoms with Crippen LogP contribution in [0.4, 0.5) is 0 Å². The number of likely N-dealkylation sites (tertiary alicyclic amines) is 2. The van der Waals surface area contributed by atoms with Gasteiger partial charge in [0, 0.05) is 24.8 Å². The number of fused-ring (bicyclic) bond motifs is 5. The predicted octanol–water partition coefficient (Wildman–Crippen LogP) is 20.4. The second-order valence-corrected chi connectivity index (χ2v) is 26.6. The molecule has 2 nitrogen and oxygen atoms in total. The van der Waals surface area contributed by atoms with Crippen LogP contribution in [0.1, 0.15) is 286 Å². The fourth-order valence-electron chi connectivity index (χ4n) is 16.8. The molecule has 2 heterocycles. The largest absolute Gasteiger partial charge is 0.369 e. The first-order valence-corrected chi connectivity index (χ1v) is 31.7. The molecule has 0 amide bonds. The third kappa shape index (κ3) is 17.1. The van der Waals surface area contributed by atoms with Crippen molar-refractivity contribution in [3.05, 3.63) is 48.2 Å². The highest BCUT2D eigenvalue weighted by Gasteiger charge is 2.59. The van der Waals surface area contributed by atoms with Crippen molar-refractivity contribution in [3.8, 4) is 0 Å². The summed E-state index contributed by atoms with van der Waals surface area (Å²) in [6.45, 7) is 30.2. The maximum Gasteiger partial charge on any atom is 0.0497 e. The van der Waals surface area contributed by atoms with Crippen LogP contribution in [0.25, 0.3) is 0 Å². The molecule has 0 radical (unpaired) electrons. The molecule has 6 rings (SSSR count). The van der Waals surface area contributed by atoms with Crippen molar-refractivity contribution < 1.29 is 0 Å². The van der Waals surface area contributed by atoms with Crippen molar-refractivity contribution in [1.29, 1.82) is 0 Å². The maximum absolute atomic E-state index is 4.86. The lowest BCUT2D eigenvalue weighted by Gasteiger charge is -2.58. The van der Waals surface area contributed by atoms with Gasteiger partial charge in [-0.25, -0.2) is 0 Å². The third-order valence-electron chi connectivity index (χ3n) is 21.0. The second kappa shape index (κ2) is 30.2. The Kier molecular flexibility index (Phi) is 24.9. The molecule has 69 heavy (non-hydrogen) atoms. The van der Waals surface area contributed by atoms with Crippen LogP contribution in [-0.4, -0.2) is 42.0 Å². The zero-order valence-corrected chi connectivity index (χ0v) is 47.4. The van der Waals surface area contributed by atoms with E-state index in [9.17, 15) is 0 Å². The average Bonchev–Trinajstić information content (AvgIpc) is 3.98. The molecule has 0 aromatic carbocycles. The summed E-state index contributed by atoms with van der Waals surface area (Å²) in [7, 11) is 0. The molecule has 4 aliphatic carbocycles. The topological polar surface area (TPSA) is 6.48 Å².